The molecule has 2 aliphatic rings. The Hall–Kier alpha value is -2.39. The fourth-order valence-corrected chi connectivity index (χ4v) is 4.67. The van der Waals surface area contributed by atoms with Gasteiger partial charge in [-0.15, -0.1) is 0 Å². The fraction of sp³-hybridized carbons (Fsp3) is 0.667. The Labute approximate surface area is 215 Å². The monoisotopic (exact) mass is 496 g/mol. The van der Waals surface area contributed by atoms with Crippen LogP contribution in [0, 0.1) is 5.92 Å². The Kier molecular flexibility index (Phi) is 7.28. The number of aromatic nitrogens is 2. The number of amides is 1. The maximum Gasteiger partial charge on any atom is 0.494 e. The molecule has 2 aromatic rings. The van der Waals surface area contributed by atoms with Gasteiger partial charge in [-0.3, -0.25) is 0 Å². The number of ether oxygens (including phenoxy) is 1. The number of carbonyl (C=O) groups excluding carboxylic acids is 1. The molecule has 2 aliphatic heterocycles. The van der Waals surface area contributed by atoms with Gasteiger partial charge in [0.15, 0.2) is 0 Å². The van der Waals surface area contributed by atoms with Crippen LogP contribution in [0.1, 0.15) is 73.8 Å². The average molecular weight is 496 g/mol. The van der Waals surface area contributed by atoms with Crippen LogP contribution in [0.2, 0.25) is 0 Å². The van der Waals surface area contributed by atoms with Gasteiger partial charge in [-0.05, 0) is 84.7 Å². The van der Waals surface area contributed by atoms with E-state index in [0.29, 0.717) is 25.0 Å². The second kappa shape index (κ2) is 9.82. The first-order chi connectivity index (χ1) is 16.8. The van der Waals surface area contributed by atoms with Crippen molar-refractivity contribution in [1.29, 1.82) is 0 Å². The van der Waals surface area contributed by atoms with E-state index in [1.54, 1.807) is 0 Å². The normalized spacial score (nSPS) is 21.6. The van der Waals surface area contributed by atoms with Crippen LogP contribution in [0.5, 0.6) is 0 Å². The number of benzene rings is 1. The summed E-state index contributed by atoms with van der Waals surface area (Å²) in [6, 6.07) is 4.21. The number of nitrogens with one attached hydrogen (secondary N) is 1. The molecule has 3 heterocycles. The number of anilines is 1. The van der Waals surface area contributed by atoms with Crippen LogP contribution in [0.3, 0.4) is 0 Å². The quantitative estimate of drug-likeness (QED) is 0.608. The zero-order chi connectivity index (χ0) is 26.3. The zero-order valence-corrected chi connectivity index (χ0v) is 23.1. The van der Waals surface area contributed by atoms with Gasteiger partial charge >= 0.3 is 13.2 Å². The van der Waals surface area contributed by atoms with Gasteiger partial charge in [0.1, 0.15) is 5.60 Å². The minimum absolute atomic E-state index is 0.237. The predicted octanol–water partition coefficient (Wildman–Crippen LogP) is 4.55. The van der Waals surface area contributed by atoms with Gasteiger partial charge in [-0.1, -0.05) is 19.1 Å². The van der Waals surface area contributed by atoms with E-state index in [0.717, 1.165) is 47.7 Å². The molecule has 0 radical (unpaired) electrons. The van der Waals surface area contributed by atoms with Crippen molar-refractivity contribution in [2.75, 3.05) is 25.0 Å². The largest absolute Gasteiger partial charge is 0.494 e. The van der Waals surface area contributed by atoms with Gasteiger partial charge in [-0.2, -0.15) is 0 Å². The van der Waals surface area contributed by atoms with Crippen LogP contribution in [0.15, 0.2) is 18.3 Å². The molecule has 0 bridgehead atoms. The number of likely N-dealkylation sites (tertiary alicyclic amines) is 1. The van der Waals surface area contributed by atoms with E-state index in [4.69, 9.17) is 19.0 Å². The van der Waals surface area contributed by atoms with Crippen molar-refractivity contribution in [3.05, 3.63) is 23.9 Å². The number of carbonyl (C=O) groups is 1. The molecule has 4 rings (SSSR count). The average Bonchev–Trinajstić information content (AvgIpc) is 3.02. The predicted molar refractivity (Wildman–Crippen MR) is 144 cm³/mol. The van der Waals surface area contributed by atoms with Crippen LogP contribution in [0.4, 0.5) is 10.7 Å². The fourth-order valence-electron chi connectivity index (χ4n) is 4.67. The lowest BCUT2D eigenvalue weighted by Crippen LogP contribution is -2.44. The number of hydrogen-bond acceptors (Lipinski definition) is 7. The highest BCUT2D eigenvalue weighted by molar-refractivity contribution is 6.62. The molecular weight excluding hydrogens is 455 g/mol. The van der Waals surface area contributed by atoms with E-state index in [9.17, 15) is 4.79 Å². The third kappa shape index (κ3) is 5.78. The highest BCUT2D eigenvalue weighted by atomic mass is 16.7. The lowest BCUT2D eigenvalue weighted by molar-refractivity contribution is 0.00578. The second-order valence-electron chi connectivity index (χ2n) is 12.1. The van der Waals surface area contributed by atoms with E-state index in [1.165, 1.54) is 0 Å². The van der Waals surface area contributed by atoms with Crippen molar-refractivity contribution in [2.45, 2.75) is 91.5 Å². The Morgan fingerprint density at radius 3 is 2.56 bits per heavy atom. The van der Waals surface area contributed by atoms with Crippen LogP contribution >= 0.6 is 0 Å². The minimum Gasteiger partial charge on any atom is -0.444 e. The second-order valence-corrected chi connectivity index (χ2v) is 12.1. The lowest BCUT2D eigenvalue weighted by Gasteiger charge is -2.34. The summed E-state index contributed by atoms with van der Waals surface area (Å²) in [5.74, 6) is 0.928. The number of nitrogens with zero attached hydrogens (tertiary/aromatic N) is 3. The number of rotatable bonds is 5. The summed E-state index contributed by atoms with van der Waals surface area (Å²) in [5, 5.41) is 4.38. The number of hydrogen-bond donors (Lipinski definition) is 1. The van der Waals surface area contributed by atoms with Crippen molar-refractivity contribution in [3.63, 3.8) is 0 Å². The molecular formula is C27H41BN4O4. The number of fused-ring (bicyclic) bond motifs is 1. The highest BCUT2D eigenvalue weighted by Gasteiger charge is 2.51. The SMILES string of the molecule is CCc1cc(B2OC(C)(C)C(C)(C)O2)cc2cnc(NC[C@H]3CCCN(C(=O)OC(C)(C)C)C3)nc12. The third-order valence-corrected chi connectivity index (χ3v) is 7.41. The molecule has 0 saturated carbocycles. The van der Waals surface area contributed by atoms with E-state index in [-0.39, 0.29) is 17.3 Å². The molecule has 8 nitrogen and oxygen atoms in total. The maximum absolute atomic E-state index is 12.5. The van der Waals surface area contributed by atoms with Crippen LogP contribution in [-0.4, -0.2) is 64.5 Å². The standard InChI is InChI=1S/C27H41BN4O4/c1-9-19-13-21(28-35-26(5,6)27(7,8)36-28)14-20-16-30-23(31-22(19)20)29-15-18-11-10-12-32(17-18)24(33)34-25(2,3)4/h13-14,16,18H,9-12,15,17H2,1-8H3,(H,29,30,31)/t18-/m1/s1. The smallest absolute Gasteiger partial charge is 0.444 e. The van der Waals surface area contributed by atoms with Crippen molar-refractivity contribution >= 4 is 35.5 Å². The molecule has 1 aromatic heterocycles. The summed E-state index contributed by atoms with van der Waals surface area (Å²) in [7, 11) is -0.415. The Bertz CT molecular complexity index is 1100. The van der Waals surface area contributed by atoms with Gasteiger partial charge in [0.05, 0.1) is 16.7 Å². The van der Waals surface area contributed by atoms with E-state index in [1.807, 2.05) is 31.9 Å². The summed E-state index contributed by atoms with van der Waals surface area (Å²) in [5.41, 5.74) is 1.81. The van der Waals surface area contributed by atoms with Gasteiger partial charge < -0.3 is 24.3 Å². The lowest BCUT2D eigenvalue weighted by atomic mass is 9.77. The highest BCUT2D eigenvalue weighted by Crippen LogP contribution is 2.36. The summed E-state index contributed by atoms with van der Waals surface area (Å²) < 4.78 is 18.1. The summed E-state index contributed by atoms with van der Waals surface area (Å²) >= 11 is 0. The van der Waals surface area contributed by atoms with Crippen molar-refractivity contribution in [2.24, 2.45) is 5.92 Å². The third-order valence-electron chi connectivity index (χ3n) is 7.41. The molecule has 0 spiro atoms. The van der Waals surface area contributed by atoms with E-state index < -0.39 is 12.7 Å². The molecule has 36 heavy (non-hydrogen) atoms. The first-order valence-corrected chi connectivity index (χ1v) is 13.1. The Morgan fingerprint density at radius 1 is 1.22 bits per heavy atom. The number of piperidine rings is 1. The molecule has 1 N–H and O–H groups in total. The van der Waals surface area contributed by atoms with Crippen molar-refractivity contribution < 1.29 is 18.8 Å². The zero-order valence-electron chi connectivity index (χ0n) is 23.1. The van der Waals surface area contributed by atoms with Crippen LogP contribution in [0.25, 0.3) is 10.9 Å². The van der Waals surface area contributed by atoms with E-state index in [2.05, 4.69) is 57.1 Å². The number of aryl methyl sites for hydroxylation is 1. The van der Waals surface area contributed by atoms with Crippen LogP contribution in [-0.2, 0) is 20.5 Å². The Morgan fingerprint density at radius 2 is 1.92 bits per heavy atom. The maximum atomic E-state index is 12.5. The summed E-state index contributed by atoms with van der Waals surface area (Å²) in [6.45, 7) is 18.2. The molecule has 9 heteroatoms. The molecule has 1 aromatic carbocycles. The molecule has 0 unspecified atom stereocenters. The van der Waals surface area contributed by atoms with Crippen LogP contribution < -0.4 is 10.8 Å². The van der Waals surface area contributed by atoms with Gasteiger partial charge in [0.2, 0.25) is 5.95 Å². The van der Waals surface area contributed by atoms with Gasteiger partial charge in [-0.25, -0.2) is 14.8 Å². The molecule has 1 atom stereocenters. The minimum atomic E-state index is -0.486. The first kappa shape index (κ1) is 26.7. The first-order valence-electron chi connectivity index (χ1n) is 13.1. The van der Waals surface area contributed by atoms with Crippen molar-refractivity contribution in [3.8, 4) is 0 Å². The Balaban J connectivity index is 1.45. The van der Waals surface area contributed by atoms with Gasteiger partial charge in [0, 0.05) is 31.2 Å². The molecule has 0 aliphatic carbocycles. The molecule has 196 valence electrons. The van der Waals surface area contributed by atoms with Gasteiger partial charge in [0.25, 0.3) is 0 Å². The molecule has 2 fully saturated rings. The summed E-state index contributed by atoms with van der Waals surface area (Å²) in [4.78, 5) is 23.7. The molecule has 1 amide bonds. The summed E-state index contributed by atoms with van der Waals surface area (Å²) in [6.07, 6.45) is 4.49. The topological polar surface area (TPSA) is 85.8 Å². The molecule has 2 saturated heterocycles. The van der Waals surface area contributed by atoms with Crippen molar-refractivity contribution in [1.82, 2.24) is 14.9 Å². The van der Waals surface area contributed by atoms with E-state index >= 15 is 0 Å².